The zero-order valence-corrected chi connectivity index (χ0v) is 11.0. The molecule has 2 heterocycles. The number of methoxy groups -OCH3 is 1. The highest BCUT2D eigenvalue weighted by atomic mass is 16.5. The Balaban J connectivity index is 2.29. The van der Waals surface area contributed by atoms with Gasteiger partial charge in [-0.05, 0) is 19.9 Å². The van der Waals surface area contributed by atoms with Gasteiger partial charge in [0.15, 0.2) is 0 Å². The van der Waals surface area contributed by atoms with Crippen molar-refractivity contribution < 1.29 is 4.74 Å². The number of nitrogens with two attached hydrogens (primary N) is 1. The number of pyridine rings is 1. The molecular weight excluding hydrogens is 228 g/mol. The van der Waals surface area contributed by atoms with Crippen LogP contribution in [0.3, 0.4) is 0 Å². The Kier molecular flexibility index (Phi) is 3.62. The van der Waals surface area contributed by atoms with Crippen LogP contribution in [0.1, 0.15) is 22.5 Å². The molecule has 0 aliphatic carbocycles. The average molecular weight is 246 g/mol. The van der Waals surface area contributed by atoms with Crippen molar-refractivity contribution in [3.8, 4) is 5.75 Å². The van der Waals surface area contributed by atoms with Crippen molar-refractivity contribution in [1.29, 1.82) is 0 Å². The van der Waals surface area contributed by atoms with Crippen LogP contribution in [-0.2, 0) is 13.1 Å². The summed E-state index contributed by atoms with van der Waals surface area (Å²) in [6, 6.07) is 1.92. The van der Waals surface area contributed by atoms with Crippen LogP contribution in [0.5, 0.6) is 5.75 Å². The number of aromatic nitrogens is 3. The fourth-order valence-corrected chi connectivity index (χ4v) is 1.98. The normalized spacial score (nSPS) is 10.7. The van der Waals surface area contributed by atoms with Gasteiger partial charge in [-0.3, -0.25) is 9.67 Å². The molecule has 5 nitrogen and oxygen atoms in total. The van der Waals surface area contributed by atoms with Gasteiger partial charge in [0.05, 0.1) is 25.0 Å². The van der Waals surface area contributed by atoms with E-state index < -0.39 is 0 Å². The summed E-state index contributed by atoms with van der Waals surface area (Å²) in [5.74, 6) is 0.895. The first kappa shape index (κ1) is 12.6. The van der Waals surface area contributed by atoms with E-state index in [4.69, 9.17) is 10.5 Å². The van der Waals surface area contributed by atoms with Gasteiger partial charge in [-0.1, -0.05) is 0 Å². The lowest BCUT2D eigenvalue weighted by Crippen LogP contribution is -2.07. The van der Waals surface area contributed by atoms with Gasteiger partial charge in [-0.25, -0.2) is 0 Å². The van der Waals surface area contributed by atoms with Crippen molar-refractivity contribution in [3.63, 3.8) is 0 Å². The van der Waals surface area contributed by atoms with E-state index in [0.717, 1.165) is 28.3 Å². The Bertz CT molecular complexity index is 548. The molecule has 0 fully saturated rings. The number of rotatable bonds is 4. The monoisotopic (exact) mass is 246 g/mol. The number of hydrogen-bond donors (Lipinski definition) is 1. The maximum absolute atomic E-state index is 5.54. The number of ether oxygens (including phenoxy) is 1. The summed E-state index contributed by atoms with van der Waals surface area (Å²) in [7, 11) is 1.68. The molecule has 0 aliphatic rings. The molecular formula is C13H18N4O. The molecule has 2 aromatic heterocycles. The first-order chi connectivity index (χ1) is 8.65. The lowest BCUT2D eigenvalue weighted by Gasteiger charge is -2.12. The smallest absolute Gasteiger partial charge is 0.128 e. The number of nitrogens with zero attached hydrogens (tertiary/aromatic N) is 3. The summed E-state index contributed by atoms with van der Waals surface area (Å²) >= 11 is 0. The maximum atomic E-state index is 5.54. The maximum Gasteiger partial charge on any atom is 0.128 e. The minimum Gasteiger partial charge on any atom is -0.496 e. The largest absolute Gasteiger partial charge is 0.496 e. The highest BCUT2D eigenvalue weighted by Crippen LogP contribution is 2.24. The second-order valence-electron chi connectivity index (χ2n) is 4.25. The minimum absolute atomic E-state index is 0.455. The zero-order chi connectivity index (χ0) is 13.1. The van der Waals surface area contributed by atoms with E-state index in [9.17, 15) is 0 Å². The van der Waals surface area contributed by atoms with Crippen LogP contribution in [0.15, 0.2) is 18.5 Å². The highest BCUT2D eigenvalue weighted by molar-refractivity contribution is 5.41. The highest BCUT2D eigenvalue weighted by Gasteiger charge is 2.10. The van der Waals surface area contributed by atoms with E-state index in [-0.39, 0.29) is 0 Å². The van der Waals surface area contributed by atoms with Crippen LogP contribution in [-0.4, -0.2) is 21.9 Å². The third-order valence-electron chi connectivity index (χ3n) is 2.97. The first-order valence-electron chi connectivity index (χ1n) is 5.87. The van der Waals surface area contributed by atoms with Crippen molar-refractivity contribution in [2.45, 2.75) is 26.9 Å². The Morgan fingerprint density at radius 1 is 1.39 bits per heavy atom. The molecule has 0 spiro atoms. The topological polar surface area (TPSA) is 66.0 Å². The van der Waals surface area contributed by atoms with Crippen LogP contribution in [0.4, 0.5) is 0 Å². The van der Waals surface area contributed by atoms with E-state index in [1.807, 2.05) is 37.0 Å². The molecule has 0 aliphatic heterocycles. The summed E-state index contributed by atoms with van der Waals surface area (Å²) in [6.07, 6.45) is 3.74. The van der Waals surface area contributed by atoms with Gasteiger partial charge in [0, 0.05) is 30.1 Å². The molecule has 2 N–H and O–H groups in total. The van der Waals surface area contributed by atoms with E-state index in [2.05, 4.69) is 10.1 Å². The van der Waals surface area contributed by atoms with Crippen LogP contribution < -0.4 is 10.5 Å². The van der Waals surface area contributed by atoms with Crippen molar-refractivity contribution in [1.82, 2.24) is 14.8 Å². The van der Waals surface area contributed by atoms with Crippen LogP contribution in [0, 0.1) is 13.8 Å². The third-order valence-corrected chi connectivity index (χ3v) is 2.97. The molecule has 2 aromatic rings. The predicted molar refractivity (Wildman–Crippen MR) is 69.5 cm³/mol. The van der Waals surface area contributed by atoms with Gasteiger partial charge in [0.1, 0.15) is 5.75 Å². The Hall–Kier alpha value is -1.88. The molecule has 5 heteroatoms. The second-order valence-corrected chi connectivity index (χ2v) is 4.25. The lowest BCUT2D eigenvalue weighted by molar-refractivity contribution is 0.406. The molecule has 0 bridgehead atoms. The summed E-state index contributed by atoms with van der Waals surface area (Å²) in [6.45, 7) is 5.09. The van der Waals surface area contributed by atoms with Gasteiger partial charge in [-0.15, -0.1) is 0 Å². The standard InChI is InChI=1S/C13H18N4O/c1-9-7-15-12(10(2)13(9)18-3)8-17-5-4-11(6-14)16-17/h4-5,7H,6,8,14H2,1-3H3. The number of hydrogen-bond acceptors (Lipinski definition) is 4. The average Bonchev–Trinajstić information content (AvgIpc) is 2.81. The fourth-order valence-electron chi connectivity index (χ4n) is 1.98. The summed E-state index contributed by atoms with van der Waals surface area (Å²) in [4.78, 5) is 4.44. The summed E-state index contributed by atoms with van der Waals surface area (Å²) in [5.41, 5.74) is 9.48. The Labute approximate surface area is 107 Å². The second kappa shape index (κ2) is 5.18. The van der Waals surface area contributed by atoms with Gasteiger partial charge in [0.2, 0.25) is 0 Å². The first-order valence-corrected chi connectivity index (χ1v) is 5.87. The molecule has 0 amide bonds. The molecule has 18 heavy (non-hydrogen) atoms. The fraction of sp³-hybridized carbons (Fsp3) is 0.385. The van der Waals surface area contributed by atoms with Gasteiger partial charge in [-0.2, -0.15) is 5.10 Å². The molecule has 0 saturated carbocycles. The van der Waals surface area contributed by atoms with Crippen molar-refractivity contribution in [2.75, 3.05) is 7.11 Å². The molecule has 2 rings (SSSR count). The Morgan fingerprint density at radius 3 is 2.78 bits per heavy atom. The van der Waals surface area contributed by atoms with Crippen molar-refractivity contribution in [2.24, 2.45) is 5.73 Å². The molecule has 0 saturated heterocycles. The quantitative estimate of drug-likeness (QED) is 0.885. The van der Waals surface area contributed by atoms with Gasteiger partial charge < -0.3 is 10.5 Å². The van der Waals surface area contributed by atoms with Crippen LogP contribution in [0.2, 0.25) is 0 Å². The summed E-state index contributed by atoms with van der Waals surface area (Å²) < 4.78 is 7.23. The predicted octanol–water partition coefficient (Wildman–Crippen LogP) is 1.41. The SMILES string of the molecule is COc1c(C)cnc(Cn2ccc(CN)n2)c1C. The van der Waals surface area contributed by atoms with E-state index in [0.29, 0.717) is 13.1 Å². The van der Waals surface area contributed by atoms with Crippen molar-refractivity contribution >= 4 is 0 Å². The van der Waals surface area contributed by atoms with Crippen LogP contribution in [0.25, 0.3) is 0 Å². The van der Waals surface area contributed by atoms with Gasteiger partial charge >= 0.3 is 0 Å². The van der Waals surface area contributed by atoms with Crippen LogP contribution >= 0.6 is 0 Å². The van der Waals surface area contributed by atoms with E-state index >= 15 is 0 Å². The molecule has 0 aromatic carbocycles. The van der Waals surface area contributed by atoms with Gasteiger partial charge in [0.25, 0.3) is 0 Å². The summed E-state index contributed by atoms with van der Waals surface area (Å²) in [5, 5.41) is 4.35. The number of aryl methyl sites for hydroxylation is 1. The Morgan fingerprint density at radius 2 is 2.17 bits per heavy atom. The zero-order valence-electron chi connectivity index (χ0n) is 11.0. The molecule has 0 atom stereocenters. The third kappa shape index (κ3) is 2.36. The molecule has 0 unspecified atom stereocenters. The minimum atomic E-state index is 0.455. The molecule has 0 radical (unpaired) electrons. The van der Waals surface area contributed by atoms with E-state index in [1.54, 1.807) is 7.11 Å². The van der Waals surface area contributed by atoms with Crippen molar-refractivity contribution in [3.05, 3.63) is 41.0 Å². The molecule has 96 valence electrons. The van der Waals surface area contributed by atoms with E-state index in [1.165, 1.54) is 0 Å². The lowest BCUT2D eigenvalue weighted by atomic mass is 10.1.